The molecule has 0 unspecified atom stereocenters. The van der Waals surface area contributed by atoms with Crippen LogP contribution in [0, 0.1) is 5.92 Å². The molecule has 1 N–H and O–H groups in total. The molecule has 0 spiro atoms. The van der Waals surface area contributed by atoms with Gasteiger partial charge in [0.05, 0.1) is 22.4 Å². The van der Waals surface area contributed by atoms with Crippen LogP contribution in [0.15, 0.2) is 23.1 Å². The van der Waals surface area contributed by atoms with Crippen LogP contribution in [0.4, 0.5) is 0 Å². The molecule has 146 valence electrons. The number of rotatable bonds is 5. The number of hydrogen-bond acceptors (Lipinski definition) is 4. The molecular weight excluding hydrogens is 376 g/mol. The summed E-state index contributed by atoms with van der Waals surface area (Å²) in [6.07, 6.45) is 1.32. The fraction of sp³-hybridized carbons (Fsp3) is 0.611. The Morgan fingerprint density at radius 3 is 2.65 bits per heavy atom. The Kier molecular flexibility index (Phi) is 6.58. The van der Waals surface area contributed by atoms with E-state index in [-0.39, 0.29) is 33.8 Å². The molecule has 0 bridgehead atoms. The van der Waals surface area contributed by atoms with Crippen LogP contribution in [-0.2, 0) is 14.8 Å². The summed E-state index contributed by atoms with van der Waals surface area (Å²) >= 11 is 6.13. The molecule has 1 aliphatic heterocycles. The van der Waals surface area contributed by atoms with Crippen LogP contribution >= 0.6 is 11.6 Å². The third-order valence-electron chi connectivity index (χ3n) is 4.09. The number of piperidine rings is 1. The highest BCUT2D eigenvalue weighted by Gasteiger charge is 2.34. The molecule has 0 radical (unpaired) electrons. The minimum Gasteiger partial charge on any atom is -0.492 e. The Bertz CT molecular complexity index is 759. The molecule has 8 heteroatoms. The van der Waals surface area contributed by atoms with Gasteiger partial charge >= 0.3 is 0 Å². The fourth-order valence-electron chi connectivity index (χ4n) is 2.91. The van der Waals surface area contributed by atoms with Crippen molar-refractivity contribution in [3.8, 4) is 5.75 Å². The lowest BCUT2D eigenvalue weighted by Crippen LogP contribution is -2.49. The first-order valence-electron chi connectivity index (χ1n) is 8.79. The van der Waals surface area contributed by atoms with Gasteiger partial charge in [-0.25, -0.2) is 8.42 Å². The van der Waals surface area contributed by atoms with Crippen LogP contribution in [0.2, 0.25) is 5.02 Å². The first-order valence-corrected chi connectivity index (χ1v) is 10.6. The number of sulfonamides is 1. The van der Waals surface area contributed by atoms with Gasteiger partial charge in [-0.1, -0.05) is 11.6 Å². The van der Waals surface area contributed by atoms with Crippen LogP contribution < -0.4 is 10.1 Å². The smallest absolute Gasteiger partial charge is 0.243 e. The summed E-state index contributed by atoms with van der Waals surface area (Å²) in [5, 5.41) is 3.19. The van der Waals surface area contributed by atoms with Crippen LogP contribution in [-0.4, -0.2) is 43.9 Å². The number of halogens is 1. The Morgan fingerprint density at radius 1 is 1.38 bits per heavy atom. The molecule has 6 nitrogen and oxygen atoms in total. The zero-order chi connectivity index (χ0) is 19.5. The summed E-state index contributed by atoms with van der Waals surface area (Å²) < 4.78 is 32.6. The predicted molar refractivity (Wildman–Crippen MR) is 102 cm³/mol. The average molecular weight is 403 g/mol. The molecule has 0 aromatic heterocycles. The maximum Gasteiger partial charge on any atom is 0.243 e. The van der Waals surface area contributed by atoms with Crippen molar-refractivity contribution in [1.82, 2.24) is 9.62 Å². The second-order valence-corrected chi connectivity index (χ2v) is 9.81. The van der Waals surface area contributed by atoms with Crippen molar-refractivity contribution in [2.24, 2.45) is 5.92 Å². The maximum atomic E-state index is 13.0. The lowest BCUT2D eigenvalue weighted by atomic mass is 9.97. The van der Waals surface area contributed by atoms with E-state index < -0.39 is 10.0 Å². The van der Waals surface area contributed by atoms with Crippen molar-refractivity contribution in [3.05, 3.63) is 23.2 Å². The molecule has 1 aromatic carbocycles. The van der Waals surface area contributed by atoms with Crippen molar-refractivity contribution in [2.45, 2.75) is 51.0 Å². The summed E-state index contributed by atoms with van der Waals surface area (Å²) in [5.41, 5.74) is -0.346. The first kappa shape index (κ1) is 21.0. The second kappa shape index (κ2) is 8.15. The van der Waals surface area contributed by atoms with Gasteiger partial charge in [0, 0.05) is 18.6 Å². The fourth-order valence-corrected chi connectivity index (χ4v) is 4.76. The van der Waals surface area contributed by atoms with Gasteiger partial charge in [0.2, 0.25) is 15.9 Å². The monoisotopic (exact) mass is 402 g/mol. The van der Waals surface area contributed by atoms with Gasteiger partial charge in [-0.15, -0.1) is 0 Å². The predicted octanol–water partition coefficient (Wildman–Crippen LogP) is 3.05. The van der Waals surface area contributed by atoms with E-state index >= 15 is 0 Å². The van der Waals surface area contributed by atoms with Crippen LogP contribution in [0.1, 0.15) is 40.5 Å². The Labute approximate surface area is 160 Å². The van der Waals surface area contributed by atoms with E-state index in [1.54, 1.807) is 6.07 Å². The summed E-state index contributed by atoms with van der Waals surface area (Å²) in [6, 6.07) is 4.46. The van der Waals surface area contributed by atoms with Gasteiger partial charge in [0.1, 0.15) is 5.75 Å². The topological polar surface area (TPSA) is 75.7 Å². The number of carbonyl (C=O) groups excluding carboxylic acids is 1. The summed E-state index contributed by atoms with van der Waals surface area (Å²) in [5.74, 6) is -0.00719. The molecule has 1 heterocycles. The third-order valence-corrected chi connectivity index (χ3v) is 6.25. The van der Waals surface area contributed by atoms with Crippen molar-refractivity contribution in [3.63, 3.8) is 0 Å². The number of amides is 1. The molecule has 1 fully saturated rings. The molecule has 0 saturated carbocycles. The highest BCUT2D eigenvalue weighted by molar-refractivity contribution is 7.89. The number of ether oxygens (including phenoxy) is 1. The van der Waals surface area contributed by atoms with Gasteiger partial charge in [-0.3, -0.25) is 4.79 Å². The minimum atomic E-state index is -3.71. The zero-order valence-corrected chi connectivity index (χ0v) is 17.3. The number of nitrogens with zero attached hydrogens (tertiary/aromatic N) is 1. The standard InChI is InChI=1S/C18H27ClN2O4S/c1-5-25-16-9-8-14(11-15(16)19)26(23,24)21-10-6-7-13(12-21)17(22)20-18(2,3)4/h8-9,11,13H,5-7,10,12H2,1-4H3,(H,20,22)/t13-/m0/s1. The van der Waals surface area contributed by atoms with Gasteiger partial charge < -0.3 is 10.1 Å². The molecule has 26 heavy (non-hydrogen) atoms. The van der Waals surface area contributed by atoms with Gasteiger partial charge in [0.25, 0.3) is 0 Å². The molecule has 1 aromatic rings. The Morgan fingerprint density at radius 2 is 2.08 bits per heavy atom. The SMILES string of the molecule is CCOc1ccc(S(=O)(=O)N2CCC[C@H](C(=O)NC(C)(C)C)C2)cc1Cl. The lowest BCUT2D eigenvalue weighted by molar-refractivity contribution is -0.127. The van der Waals surface area contributed by atoms with E-state index in [2.05, 4.69) is 5.32 Å². The Hall–Kier alpha value is -1.31. The highest BCUT2D eigenvalue weighted by atomic mass is 35.5. The lowest BCUT2D eigenvalue weighted by Gasteiger charge is -2.33. The van der Waals surface area contributed by atoms with E-state index in [1.165, 1.54) is 16.4 Å². The van der Waals surface area contributed by atoms with Gasteiger partial charge in [-0.2, -0.15) is 4.31 Å². The molecule has 1 saturated heterocycles. The molecule has 1 atom stereocenters. The first-order chi connectivity index (χ1) is 12.0. The average Bonchev–Trinajstić information content (AvgIpc) is 2.55. The van der Waals surface area contributed by atoms with E-state index in [0.717, 1.165) is 0 Å². The molecule has 0 aliphatic carbocycles. The van der Waals surface area contributed by atoms with E-state index in [9.17, 15) is 13.2 Å². The zero-order valence-electron chi connectivity index (χ0n) is 15.7. The van der Waals surface area contributed by atoms with E-state index in [1.807, 2.05) is 27.7 Å². The number of carbonyl (C=O) groups is 1. The number of benzene rings is 1. The molecule has 2 rings (SSSR count). The van der Waals surface area contributed by atoms with Gasteiger partial charge in [-0.05, 0) is 58.7 Å². The van der Waals surface area contributed by atoms with Crippen molar-refractivity contribution in [1.29, 1.82) is 0 Å². The minimum absolute atomic E-state index is 0.109. The highest BCUT2D eigenvalue weighted by Crippen LogP contribution is 2.30. The van der Waals surface area contributed by atoms with Gasteiger partial charge in [0.15, 0.2) is 0 Å². The molecular formula is C18H27ClN2O4S. The number of nitrogens with one attached hydrogen (secondary N) is 1. The second-order valence-electron chi connectivity index (χ2n) is 7.47. The van der Waals surface area contributed by atoms with E-state index in [0.29, 0.717) is 31.7 Å². The maximum absolute atomic E-state index is 13.0. The van der Waals surface area contributed by atoms with Crippen molar-refractivity contribution >= 4 is 27.5 Å². The summed E-state index contributed by atoms with van der Waals surface area (Å²) in [4.78, 5) is 12.5. The Balaban J connectivity index is 2.18. The normalized spacial score (nSPS) is 19.2. The van der Waals surface area contributed by atoms with Crippen molar-refractivity contribution < 1.29 is 17.9 Å². The van der Waals surface area contributed by atoms with Crippen LogP contribution in [0.3, 0.4) is 0 Å². The molecule has 1 amide bonds. The van der Waals surface area contributed by atoms with Crippen LogP contribution in [0.25, 0.3) is 0 Å². The largest absolute Gasteiger partial charge is 0.492 e. The summed E-state index contributed by atoms with van der Waals surface area (Å²) in [6.45, 7) is 8.57. The van der Waals surface area contributed by atoms with Crippen LogP contribution in [0.5, 0.6) is 5.75 Å². The van der Waals surface area contributed by atoms with E-state index in [4.69, 9.17) is 16.3 Å². The third kappa shape index (κ3) is 5.11. The molecule has 1 aliphatic rings. The number of hydrogen-bond donors (Lipinski definition) is 1. The van der Waals surface area contributed by atoms with Crippen molar-refractivity contribution in [2.75, 3.05) is 19.7 Å². The quantitative estimate of drug-likeness (QED) is 0.821. The summed E-state index contributed by atoms with van der Waals surface area (Å²) in [7, 11) is -3.71.